The number of aromatic nitrogens is 1. The van der Waals surface area contributed by atoms with Crippen LogP contribution in [-0.4, -0.2) is 42.0 Å². The number of hydrogen-bond acceptors (Lipinski definition) is 4. The Morgan fingerprint density at radius 3 is 2.83 bits per heavy atom. The fraction of sp³-hybridized carbons (Fsp3) is 0.538. The molecular formula is C13H20N3O2. The highest BCUT2D eigenvalue weighted by Gasteiger charge is 2.04. The largest absolute Gasteiger partial charge is 0.478 e. The van der Waals surface area contributed by atoms with E-state index in [-0.39, 0.29) is 5.69 Å². The van der Waals surface area contributed by atoms with Gasteiger partial charge < -0.3 is 15.4 Å². The molecule has 0 aliphatic rings. The Hall–Kier alpha value is -1.62. The molecule has 0 spiro atoms. The molecule has 0 saturated carbocycles. The predicted molar refractivity (Wildman–Crippen MR) is 69.5 cm³/mol. The molecule has 5 heteroatoms. The first kappa shape index (κ1) is 14.4. The van der Waals surface area contributed by atoms with Gasteiger partial charge >= 0.3 is 0 Å². The number of hydrogen-bond donors (Lipinski definition) is 1. The standard InChI is InChI=1S/C13H20N3O2/c1-3-16(4-2)9-6-10-18-12-8-5-7-11(15-12)13(14)17/h5,8H,3-4,6,9-10H2,1-2H3,(H2,14,17). The molecule has 1 aromatic heterocycles. The average molecular weight is 250 g/mol. The monoisotopic (exact) mass is 250 g/mol. The molecule has 0 fully saturated rings. The molecule has 1 aromatic rings. The number of amides is 1. The second kappa shape index (κ2) is 7.66. The molecule has 0 unspecified atom stereocenters. The van der Waals surface area contributed by atoms with Crippen LogP contribution in [0, 0.1) is 6.07 Å². The van der Waals surface area contributed by atoms with Gasteiger partial charge in [-0.1, -0.05) is 13.8 Å². The number of rotatable bonds is 8. The molecule has 2 N–H and O–H groups in total. The van der Waals surface area contributed by atoms with Crippen molar-refractivity contribution in [1.29, 1.82) is 0 Å². The van der Waals surface area contributed by atoms with Gasteiger partial charge in [0.15, 0.2) is 0 Å². The van der Waals surface area contributed by atoms with Crippen LogP contribution in [-0.2, 0) is 0 Å². The summed E-state index contributed by atoms with van der Waals surface area (Å²) in [7, 11) is 0. The number of nitrogens with zero attached hydrogens (tertiary/aromatic N) is 2. The molecule has 1 radical (unpaired) electrons. The van der Waals surface area contributed by atoms with Crippen LogP contribution in [0.2, 0.25) is 0 Å². The van der Waals surface area contributed by atoms with Gasteiger partial charge in [0.1, 0.15) is 5.69 Å². The van der Waals surface area contributed by atoms with Crippen molar-refractivity contribution in [3.05, 3.63) is 23.9 Å². The quantitative estimate of drug-likeness (QED) is 0.701. The molecule has 99 valence electrons. The van der Waals surface area contributed by atoms with E-state index >= 15 is 0 Å². The van der Waals surface area contributed by atoms with Crippen LogP contribution in [0.5, 0.6) is 5.88 Å². The Kier molecular flexibility index (Phi) is 6.14. The lowest BCUT2D eigenvalue weighted by molar-refractivity contribution is 0.0994. The molecule has 18 heavy (non-hydrogen) atoms. The minimum Gasteiger partial charge on any atom is -0.478 e. The molecule has 0 aliphatic heterocycles. The molecule has 1 heterocycles. The molecule has 5 nitrogen and oxygen atoms in total. The summed E-state index contributed by atoms with van der Waals surface area (Å²) >= 11 is 0. The SMILES string of the molecule is CCN(CC)CCCOc1cc[c]c(C(N)=O)n1. The summed E-state index contributed by atoms with van der Waals surface area (Å²) in [6.45, 7) is 7.93. The van der Waals surface area contributed by atoms with Gasteiger partial charge in [0.05, 0.1) is 6.61 Å². The molecule has 0 atom stereocenters. The number of pyridine rings is 1. The van der Waals surface area contributed by atoms with Gasteiger partial charge in [-0.2, -0.15) is 0 Å². The first-order valence-corrected chi connectivity index (χ1v) is 6.21. The lowest BCUT2D eigenvalue weighted by Gasteiger charge is -2.17. The Morgan fingerprint density at radius 2 is 2.22 bits per heavy atom. The minimum absolute atomic E-state index is 0.108. The van der Waals surface area contributed by atoms with Crippen molar-refractivity contribution in [2.45, 2.75) is 20.3 Å². The molecule has 1 rings (SSSR count). The van der Waals surface area contributed by atoms with Gasteiger partial charge in [0, 0.05) is 18.7 Å². The van der Waals surface area contributed by atoms with Crippen molar-refractivity contribution in [2.24, 2.45) is 5.73 Å². The van der Waals surface area contributed by atoms with Crippen LogP contribution < -0.4 is 10.5 Å². The maximum atomic E-state index is 10.9. The molecule has 0 aromatic carbocycles. The summed E-state index contributed by atoms with van der Waals surface area (Å²) in [4.78, 5) is 17.2. The fourth-order valence-electron chi connectivity index (χ4n) is 1.58. The van der Waals surface area contributed by atoms with E-state index in [4.69, 9.17) is 10.5 Å². The van der Waals surface area contributed by atoms with Crippen LogP contribution in [0.4, 0.5) is 0 Å². The van der Waals surface area contributed by atoms with E-state index in [1.54, 1.807) is 12.1 Å². The number of carbonyl (C=O) groups is 1. The summed E-state index contributed by atoms with van der Waals surface area (Å²) in [5.74, 6) is -0.175. The van der Waals surface area contributed by atoms with Gasteiger partial charge in [-0.05, 0) is 25.6 Å². The van der Waals surface area contributed by atoms with E-state index < -0.39 is 5.91 Å². The Labute approximate surface area is 108 Å². The molecule has 0 aliphatic carbocycles. The summed E-state index contributed by atoms with van der Waals surface area (Å²) in [5.41, 5.74) is 5.23. The highest BCUT2D eigenvalue weighted by atomic mass is 16.5. The van der Waals surface area contributed by atoms with Crippen LogP contribution in [0.15, 0.2) is 12.1 Å². The van der Waals surface area contributed by atoms with E-state index in [1.807, 2.05) is 0 Å². The van der Waals surface area contributed by atoms with Gasteiger partial charge in [0.2, 0.25) is 5.88 Å². The van der Waals surface area contributed by atoms with Gasteiger partial charge in [0.25, 0.3) is 5.91 Å². The van der Waals surface area contributed by atoms with Crippen molar-refractivity contribution in [3.63, 3.8) is 0 Å². The zero-order valence-corrected chi connectivity index (χ0v) is 11.0. The lowest BCUT2D eigenvalue weighted by atomic mass is 10.3. The zero-order chi connectivity index (χ0) is 13.4. The van der Waals surface area contributed by atoms with Crippen LogP contribution in [0.25, 0.3) is 0 Å². The summed E-state index contributed by atoms with van der Waals surface area (Å²) in [5, 5.41) is 0. The van der Waals surface area contributed by atoms with Crippen LogP contribution in [0.3, 0.4) is 0 Å². The smallest absolute Gasteiger partial charge is 0.268 e. The predicted octanol–water partition coefficient (Wildman–Crippen LogP) is 1.09. The van der Waals surface area contributed by atoms with E-state index in [2.05, 4.69) is 29.8 Å². The van der Waals surface area contributed by atoms with Gasteiger partial charge in [-0.25, -0.2) is 4.98 Å². The van der Waals surface area contributed by atoms with Gasteiger partial charge in [-0.15, -0.1) is 0 Å². The zero-order valence-electron chi connectivity index (χ0n) is 11.0. The summed E-state index contributed by atoms with van der Waals surface area (Å²) in [6, 6.07) is 5.92. The maximum Gasteiger partial charge on any atom is 0.268 e. The fourth-order valence-corrected chi connectivity index (χ4v) is 1.58. The van der Waals surface area contributed by atoms with E-state index in [0.29, 0.717) is 12.5 Å². The van der Waals surface area contributed by atoms with E-state index in [9.17, 15) is 4.79 Å². The van der Waals surface area contributed by atoms with E-state index in [1.165, 1.54) is 0 Å². The topological polar surface area (TPSA) is 68.5 Å². The summed E-state index contributed by atoms with van der Waals surface area (Å²) in [6.07, 6.45) is 0.924. The van der Waals surface area contributed by atoms with Crippen molar-refractivity contribution >= 4 is 5.91 Å². The molecular weight excluding hydrogens is 230 g/mol. The van der Waals surface area contributed by atoms with Crippen molar-refractivity contribution in [1.82, 2.24) is 9.88 Å². The highest BCUT2D eigenvalue weighted by molar-refractivity contribution is 5.90. The normalized spacial score (nSPS) is 10.6. The molecule has 1 amide bonds. The van der Waals surface area contributed by atoms with Crippen LogP contribution >= 0.6 is 0 Å². The first-order valence-electron chi connectivity index (χ1n) is 6.21. The third kappa shape index (κ3) is 4.71. The highest BCUT2D eigenvalue weighted by Crippen LogP contribution is 2.07. The number of primary amides is 1. The number of nitrogens with two attached hydrogens (primary N) is 1. The van der Waals surface area contributed by atoms with Crippen molar-refractivity contribution in [3.8, 4) is 5.88 Å². The third-order valence-electron chi connectivity index (χ3n) is 2.66. The number of carbonyl (C=O) groups excluding carboxylic acids is 1. The molecule has 0 saturated heterocycles. The van der Waals surface area contributed by atoms with Gasteiger partial charge in [-0.3, -0.25) is 4.79 Å². The van der Waals surface area contributed by atoms with Crippen molar-refractivity contribution < 1.29 is 9.53 Å². The maximum absolute atomic E-state index is 10.9. The first-order chi connectivity index (χ1) is 8.67. The van der Waals surface area contributed by atoms with Crippen molar-refractivity contribution in [2.75, 3.05) is 26.2 Å². The average Bonchev–Trinajstić information content (AvgIpc) is 2.39. The summed E-state index contributed by atoms with van der Waals surface area (Å²) < 4.78 is 5.47. The van der Waals surface area contributed by atoms with Crippen LogP contribution in [0.1, 0.15) is 30.8 Å². The second-order valence-electron chi connectivity index (χ2n) is 3.87. The Bertz CT molecular complexity index is 378. The Balaban J connectivity index is 2.35. The lowest BCUT2D eigenvalue weighted by Crippen LogP contribution is -2.25. The third-order valence-corrected chi connectivity index (χ3v) is 2.66. The number of ether oxygens (including phenoxy) is 1. The molecule has 0 bridgehead atoms. The van der Waals surface area contributed by atoms with E-state index in [0.717, 1.165) is 26.1 Å². The second-order valence-corrected chi connectivity index (χ2v) is 3.87. The minimum atomic E-state index is -0.594. The Morgan fingerprint density at radius 1 is 1.50 bits per heavy atom.